The van der Waals surface area contributed by atoms with E-state index in [0.29, 0.717) is 0 Å². The lowest BCUT2D eigenvalue weighted by Gasteiger charge is -2.11. The maximum absolute atomic E-state index is 4.52. The minimum Gasteiger partial charge on any atom is -0.0912 e. The molecule has 1 aliphatic rings. The Labute approximate surface area is 178 Å². The lowest BCUT2D eigenvalue weighted by Crippen LogP contribution is -1.91. The van der Waals surface area contributed by atoms with Crippen molar-refractivity contribution in [1.82, 2.24) is 0 Å². The lowest BCUT2D eigenvalue weighted by molar-refractivity contribution is 0.765. The molecule has 1 saturated carbocycles. The molecule has 0 aliphatic heterocycles. The van der Waals surface area contributed by atoms with Gasteiger partial charge in [-0.15, -0.1) is 0 Å². The van der Waals surface area contributed by atoms with Crippen molar-refractivity contribution in [3.8, 4) is 0 Å². The summed E-state index contributed by atoms with van der Waals surface area (Å²) in [4.78, 5) is 0. The smallest absolute Gasteiger partial charge is 0.0178 e. The normalized spacial score (nSPS) is 17.7. The Morgan fingerprint density at radius 3 is 1.43 bits per heavy atom. The van der Waals surface area contributed by atoms with Crippen LogP contribution in [-0.2, 0) is 0 Å². The Balaban J connectivity index is 1.49. The molecule has 0 bridgehead atoms. The summed E-state index contributed by atoms with van der Waals surface area (Å²) in [6.07, 6.45) is 9.31. The molecule has 0 heterocycles. The Morgan fingerprint density at radius 2 is 0.967 bits per heavy atom. The van der Waals surface area contributed by atoms with E-state index >= 15 is 0 Å². The van der Waals surface area contributed by atoms with Crippen LogP contribution in [0.5, 0.6) is 0 Å². The summed E-state index contributed by atoms with van der Waals surface area (Å²) in [7, 11) is 0. The fourth-order valence-corrected chi connectivity index (χ4v) is 4.45. The summed E-state index contributed by atoms with van der Waals surface area (Å²) in [5.41, 5.74) is 6.46. The first-order valence-electron chi connectivity index (χ1n) is 10.8. The van der Waals surface area contributed by atoms with Gasteiger partial charge in [-0.1, -0.05) is 91.5 Å². The second-order valence-corrected chi connectivity index (χ2v) is 8.24. The molecule has 0 N–H and O–H groups in total. The number of hydrogen-bond acceptors (Lipinski definition) is 0. The summed E-state index contributed by atoms with van der Waals surface area (Å²) < 4.78 is 0. The fraction of sp³-hybridized carbons (Fsp3) is 0.133. The third-order valence-corrected chi connectivity index (χ3v) is 6.15. The van der Waals surface area contributed by atoms with Gasteiger partial charge in [0.05, 0.1) is 0 Å². The zero-order valence-electron chi connectivity index (χ0n) is 17.3. The average Bonchev–Trinajstić information content (AvgIpc) is 2.95. The van der Waals surface area contributed by atoms with Crippen LogP contribution in [0.15, 0.2) is 108 Å². The molecule has 4 aromatic carbocycles. The molecule has 0 radical (unpaired) electrons. The van der Waals surface area contributed by atoms with Crippen molar-refractivity contribution in [3.63, 3.8) is 0 Å². The molecule has 0 spiro atoms. The zero-order chi connectivity index (χ0) is 20.3. The van der Waals surface area contributed by atoms with E-state index in [1.165, 1.54) is 62.2 Å². The van der Waals surface area contributed by atoms with E-state index in [4.69, 9.17) is 0 Å². The van der Waals surface area contributed by atoms with Crippen molar-refractivity contribution in [3.05, 3.63) is 119 Å². The number of allylic oxidation sites excluding steroid dienone is 3. The minimum absolute atomic E-state index is 1.10. The van der Waals surface area contributed by atoms with E-state index in [1.54, 1.807) is 0 Å². The lowest BCUT2D eigenvalue weighted by atomic mass is 9.94. The molecule has 1 fully saturated rings. The molecule has 0 amide bonds. The molecular weight excluding hydrogens is 360 g/mol. The van der Waals surface area contributed by atoms with Crippen molar-refractivity contribution >= 4 is 33.7 Å². The van der Waals surface area contributed by atoms with Gasteiger partial charge in [-0.05, 0) is 87.2 Å². The van der Waals surface area contributed by atoms with Crippen LogP contribution >= 0.6 is 0 Å². The van der Waals surface area contributed by atoms with E-state index < -0.39 is 0 Å². The Kier molecular flexibility index (Phi) is 5.07. The van der Waals surface area contributed by atoms with Gasteiger partial charge in [-0.3, -0.25) is 0 Å². The number of rotatable bonds is 2. The van der Waals surface area contributed by atoms with E-state index in [9.17, 15) is 0 Å². The molecule has 0 atom stereocenters. The Bertz CT molecular complexity index is 1200. The Hall–Kier alpha value is -3.38. The molecule has 5 rings (SSSR count). The van der Waals surface area contributed by atoms with Crippen LogP contribution in [0.25, 0.3) is 33.7 Å². The molecule has 30 heavy (non-hydrogen) atoms. The van der Waals surface area contributed by atoms with Crippen LogP contribution in [0.3, 0.4) is 0 Å². The van der Waals surface area contributed by atoms with Gasteiger partial charge in [-0.2, -0.15) is 0 Å². The molecule has 1 aliphatic carbocycles. The van der Waals surface area contributed by atoms with Crippen molar-refractivity contribution in [1.29, 1.82) is 0 Å². The molecule has 0 saturated heterocycles. The van der Waals surface area contributed by atoms with E-state index in [-0.39, 0.29) is 0 Å². The highest BCUT2D eigenvalue weighted by molar-refractivity contribution is 5.86. The first kappa shape index (κ1) is 18.6. The highest BCUT2D eigenvalue weighted by Gasteiger charge is 2.14. The van der Waals surface area contributed by atoms with Crippen molar-refractivity contribution in [2.45, 2.75) is 25.7 Å². The fourth-order valence-electron chi connectivity index (χ4n) is 4.45. The van der Waals surface area contributed by atoms with Gasteiger partial charge in [0.25, 0.3) is 0 Å². The van der Waals surface area contributed by atoms with Crippen molar-refractivity contribution in [2.24, 2.45) is 0 Å². The summed E-state index contributed by atoms with van der Waals surface area (Å²) in [6.45, 7) is 4.52. The second kappa shape index (κ2) is 8.16. The van der Waals surface area contributed by atoms with Crippen LogP contribution in [0.4, 0.5) is 0 Å². The topological polar surface area (TPSA) is 0 Å². The third kappa shape index (κ3) is 3.86. The SMILES string of the molecule is C=C1/C(=C/c2ccc3ccccc3c2)CCCC/C1=C\c1ccc2ccccc2c1. The molecule has 0 aromatic heterocycles. The summed E-state index contributed by atoms with van der Waals surface area (Å²) in [6, 6.07) is 30.6. The zero-order valence-corrected chi connectivity index (χ0v) is 17.3. The molecule has 0 nitrogen and oxygen atoms in total. The van der Waals surface area contributed by atoms with Crippen LogP contribution in [0.2, 0.25) is 0 Å². The van der Waals surface area contributed by atoms with Crippen LogP contribution in [-0.4, -0.2) is 0 Å². The van der Waals surface area contributed by atoms with Gasteiger partial charge in [0, 0.05) is 0 Å². The predicted octanol–water partition coefficient (Wildman–Crippen LogP) is 8.59. The Morgan fingerprint density at radius 1 is 0.533 bits per heavy atom. The first-order chi connectivity index (χ1) is 14.8. The van der Waals surface area contributed by atoms with Gasteiger partial charge in [-0.25, -0.2) is 0 Å². The van der Waals surface area contributed by atoms with E-state index in [1.807, 2.05) is 0 Å². The van der Waals surface area contributed by atoms with E-state index in [2.05, 4.69) is 104 Å². The van der Waals surface area contributed by atoms with Gasteiger partial charge in [0.1, 0.15) is 0 Å². The molecule has 0 heteroatoms. The summed E-state index contributed by atoms with van der Waals surface area (Å²) in [5, 5.41) is 5.16. The maximum Gasteiger partial charge on any atom is -0.0178 e. The maximum atomic E-state index is 4.52. The molecule has 0 unspecified atom stereocenters. The predicted molar refractivity (Wildman–Crippen MR) is 131 cm³/mol. The number of hydrogen-bond donors (Lipinski definition) is 0. The largest absolute Gasteiger partial charge is 0.0912 e. The van der Waals surface area contributed by atoms with Gasteiger partial charge >= 0.3 is 0 Å². The minimum atomic E-state index is 1.10. The highest BCUT2D eigenvalue weighted by atomic mass is 14.2. The van der Waals surface area contributed by atoms with Gasteiger partial charge in [0.2, 0.25) is 0 Å². The molecule has 146 valence electrons. The van der Waals surface area contributed by atoms with Crippen LogP contribution in [0.1, 0.15) is 36.8 Å². The van der Waals surface area contributed by atoms with Crippen LogP contribution in [0, 0.1) is 0 Å². The molecule has 4 aromatic rings. The molecular formula is C30H26. The number of benzene rings is 4. The first-order valence-corrected chi connectivity index (χ1v) is 10.8. The van der Waals surface area contributed by atoms with E-state index in [0.717, 1.165) is 12.8 Å². The quantitative estimate of drug-likeness (QED) is 0.303. The second-order valence-electron chi connectivity index (χ2n) is 8.24. The van der Waals surface area contributed by atoms with Gasteiger partial charge < -0.3 is 0 Å². The van der Waals surface area contributed by atoms with Gasteiger partial charge in [0.15, 0.2) is 0 Å². The van der Waals surface area contributed by atoms with Crippen molar-refractivity contribution < 1.29 is 0 Å². The van der Waals surface area contributed by atoms with Crippen LogP contribution < -0.4 is 0 Å². The monoisotopic (exact) mass is 386 g/mol. The number of fused-ring (bicyclic) bond motifs is 2. The highest BCUT2D eigenvalue weighted by Crippen LogP contribution is 2.34. The third-order valence-electron chi connectivity index (χ3n) is 6.15. The standard InChI is InChI=1S/C30H26/c1-22-27(18-23-14-16-25-8-2-6-12-29(25)20-23)10-4-5-11-28(22)19-24-15-17-26-9-3-7-13-30(26)21-24/h2-3,6-9,12-21H,1,4-5,10-11H2/b27-18+,28-19+. The average molecular weight is 387 g/mol. The summed E-state index contributed by atoms with van der Waals surface area (Å²) >= 11 is 0. The van der Waals surface area contributed by atoms with Crippen molar-refractivity contribution in [2.75, 3.05) is 0 Å². The summed E-state index contributed by atoms with van der Waals surface area (Å²) in [5.74, 6) is 0.